The highest BCUT2D eigenvalue weighted by atomic mass is 19.1. The molecule has 1 unspecified atom stereocenters. The van der Waals surface area contributed by atoms with Crippen LogP contribution in [0, 0.1) is 11.6 Å². The minimum atomic E-state index is -0.788. The van der Waals surface area contributed by atoms with Gasteiger partial charge in [0, 0.05) is 43.1 Å². The molecule has 18 heavy (non-hydrogen) atoms. The Morgan fingerprint density at radius 2 is 2.00 bits per heavy atom. The molecule has 1 fully saturated rings. The van der Waals surface area contributed by atoms with Gasteiger partial charge in [0.15, 0.2) is 0 Å². The maximum absolute atomic E-state index is 13.7. The third-order valence-electron chi connectivity index (χ3n) is 3.18. The smallest absolute Gasteiger partial charge is 0.223 e. The van der Waals surface area contributed by atoms with Gasteiger partial charge in [0.1, 0.15) is 17.4 Å². The van der Waals surface area contributed by atoms with E-state index in [1.165, 1.54) is 0 Å². The lowest BCUT2D eigenvalue weighted by Crippen LogP contribution is -2.25. The second-order valence-electron chi connectivity index (χ2n) is 4.56. The van der Waals surface area contributed by atoms with Crippen molar-refractivity contribution in [2.45, 2.75) is 25.7 Å². The molecule has 0 radical (unpaired) electrons. The van der Waals surface area contributed by atoms with E-state index >= 15 is 0 Å². The van der Waals surface area contributed by atoms with Gasteiger partial charge in [-0.2, -0.15) is 0 Å². The van der Waals surface area contributed by atoms with Gasteiger partial charge in [0.2, 0.25) is 5.91 Å². The fraction of sp³-hybridized carbons (Fsp3) is 0.462. The fourth-order valence-electron chi connectivity index (χ4n) is 2.41. The predicted molar refractivity (Wildman–Crippen MR) is 62.3 cm³/mol. The van der Waals surface area contributed by atoms with E-state index in [1.54, 1.807) is 4.90 Å². The third-order valence-corrected chi connectivity index (χ3v) is 3.18. The van der Waals surface area contributed by atoms with Gasteiger partial charge in [0.25, 0.3) is 0 Å². The molecule has 0 aromatic heterocycles. The molecule has 1 aromatic carbocycles. The third kappa shape index (κ3) is 2.30. The Morgan fingerprint density at radius 1 is 1.39 bits per heavy atom. The first-order chi connectivity index (χ1) is 8.52. The molecule has 1 aliphatic heterocycles. The minimum absolute atomic E-state index is 0.0753. The van der Waals surface area contributed by atoms with Crippen molar-refractivity contribution in [1.82, 2.24) is 4.90 Å². The Balaban J connectivity index is 2.26. The van der Waals surface area contributed by atoms with Crippen LogP contribution < -0.4 is 0 Å². The van der Waals surface area contributed by atoms with E-state index in [1.807, 2.05) is 6.92 Å². The van der Waals surface area contributed by atoms with Crippen LogP contribution in [0.25, 0.3) is 0 Å². The van der Waals surface area contributed by atoms with Crippen molar-refractivity contribution in [2.24, 2.45) is 0 Å². The van der Waals surface area contributed by atoms with Gasteiger partial charge >= 0.3 is 0 Å². The molecule has 0 saturated carbocycles. The van der Waals surface area contributed by atoms with Crippen LogP contribution in [0.5, 0.6) is 5.75 Å². The zero-order valence-corrected chi connectivity index (χ0v) is 10.1. The minimum Gasteiger partial charge on any atom is -0.508 e. The lowest BCUT2D eigenvalue weighted by Gasteiger charge is -2.16. The number of rotatable bonds is 3. The summed E-state index contributed by atoms with van der Waals surface area (Å²) in [6, 6.07) is 1.76. The lowest BCUT2D eigenvalue weighted by atomic mass is 9.97. The van der Waals surface area contributed by atoms with Gasteiger partial charge in [-0.05, 0) is 6.42 Å². The van der Waals surface area contributed by atoms with Crippen molar-refractivity contribution in [3.05, 3.63) is 29.3 Å². The van der Waals surface area contributed by atoms with Crippen LogP contribution >= 0.6 is 0 Å². The summed E-state index contributed by atoms with van der Waals surface area (Å²) < 4.78 is 27.3. The summed E-state index contributed by atoms with van der Waals surface area (Å²) in [6.45, 7) is 2.89. The average Bonchev–Trinajstić information content (AvgIpc) is 2.59. The predicted octanol–water partition coefficient (Wildman–Crippen LogP) is 2.40. The number of carbonyl (C=O) groups excluding carboxylic acids is 1. The number of phenolic OH excluding ortho intramolecular Hbond substituents is 1. The molecule has 2 rings (SSSR count). The SMILES string of the molecule is CCCN1CC(c2c(F)cc(O)cc2F)CC1=O. The zero-order chi connectivity index (χ0) is 13.3. The van der Waals surface area contributed by atoms with E-state index in [2.05, 4.69) is 0 Å². The maximum atomic E-state index is 13.7. The summed E-state index contributed by atoms with van der Waals surface area (Å²) >= 11 is 0. The molecule has 0 bridgehead atoms. The molecule has 1 amide bonds. The van der Waals surface area contributed by atoms with Crippen molar-refractivity contribution in [3.8, 4) is 5.75 Å². The zero-order valence-electron chi connectivity index (χ0n) is 10.1. The van der Waals surface area contributed by atoms with Crippen LogP contribution in [-0.2, 0) is 4.79 Å². The Labute approximate surface area is 104 Å². The monoisotopic (exact) mass is 255 g/mol. The largest absolute Gasteiger partial charge is 0.508 e. The van der Waals surface area contributed by atoms with Gasteiger partial charge in [-0.1, -0.05) is 6.92 Å². The van der Waals surface area contributed by atoms with Crippen LogP contribution in [-0.4, -0.2) is 29.0 Å². The maximum Gasteiger partial charge on any atom is 0.223 e. The Morgan fingerprint density at radius 3 is 2.56 bits per heavy atom. The second kappa shape index (κ2) is 4.92. The van der Waals surface area contributed by atoms with Crippen molar-refractivity contribution in [2.75, 3.05) is 13.1 Å². The summed E-state index contributed by atoms with van der Waals surface area (Å²) in [5, 5.41) is 9.09. The van der Waals surface area contributed by atoms with Crippen molar-refractivity contribution < 1.29 is 18.7 Å². The number of halogens is 2. The highest BCUT2D eigenvalue weighted by molar-refractivity contribution is 5.79. The van der Waals surface area contributed by atoms with Gasteiger partial charge in [-0.15, -0.1) is 0 Å². The number of nitrogens with zero attached hydrogens (tertiary/aromatic N) is 1. The Hall–Kier alpha value is -1.65. The number of amides is 1. The molecule has 1 aromatic rings. The van der Waals surface area contributed by atoms with E-state index in [4.69, 9.17) is 5.11 Å². The van der Waals surface area contributed by atoms with Crippen LogP contribution in [0.3, 0.4) is 0 Å². The number of phenols is 1. The summed E-state index contributed by atoms with van der Waals surface area (Å²) in [7, 11) is 0. The topological polar surface area (TPSA) is 40.5 Å². The van der Waals surface area contributed by atoms with Crippen LogP contribution in [0.1, 0.15) is 31.2 Å². The first-order valence-electron chi connectivity index (χ1n) is 5.98. The molecular formula is C13H15F2NO2. The number of carbonyl (C=O) groups is 1. The number of hydrogen-bond acceptors (Lipinski definition) is 2. The Kier molecular flexibility index (Phi) is 3.50. The molecule has 1 heterocycles. The summed E-state index contributed by atoms with van der Waals surface area (Å²) in [5.41, 5.74) is -0.0975. The van der Waals surface area contributed by atoms with E-state index in [0.717, 1.165) is 18.6 Å². The van der Waals surface area contributed by atoms with Crippen LogP contribution in [0.2, 0.25) is 0 Å². The van der Waals surface area contributed by atoms with E-state index in [9.17, 15) is 13.6 Å². The van der Waals surface area contributed by atoms with Crippen molar-refractivity contribution in [3.63, 3.8) is 0 Å². The number of benzene rings is 1. The van der Waals surface area contributed by atoms with Gasteiger partial charge in [-0.3, -0.25) is 4.79 Å². The molecular weight excluding hydrogens is 240 g/mol. The van der Waals surface area contributed by atoms with Gasteiger partial charge < -0.3 is 10.0 Å². The highest BCUT2D eigenvalue weighted by Crippen LogP contribution is 2.33. The first-order valence-corrected chi connectivity index (χ1v) is 5.98. The Bertz CT molecular complexity index is 453. The quantitative estimate of drug-likeness (QED) is 0.901. The normalized spacial score (nSPS) is 19.6. The summed E-state index contributed by atoms with van der Waals surface area (Å²) in [6.07, 6.45) is 0.942. The van der Waals surface area contributed by atoms with Crippen LogP contribution in [0.15, 0.2) is 12.1 Å². The second-order valence-corrected chi connectivity index (χ2v) is 4.56. The summed E-state index contributed by atoms with van der Waals surface area (Å²) in [4.78, 5) is 13.3. The average molecular weight is 255 g/mol. The van der Waals surface area contributed by atoms with Crippen molar-refractivity contribution in [1.29, 1.82) is 0 Å². The first kappa shape index (κ1) is 12.8. The van der Waals surface area contributed by atoms with E-state index in [0.29, 0.717) is 13.1 Å². The molecule has 98 valence electrons. The lowest BCUT2D eigenvalue weighted by molar-refractivity contribution is -0.127. The van der Waals surface area contributed by atoms with Crippen molar-refractivity contribution >= 4 is 5.91 Å². The number of hydrogen-bond donors (Lipinski definition) is 1. The van der Waals surface area contributed by atoms with E-state index < -0.39 is 23.3 Å². The molecule has 0 aliphatic carbocycles. The molecule has 5 heteroatoms. The molecule has 1 N–H and O–H groups in total. The van der Waals surface area contributed by atoms with E-state index in [-0.39, 0.29) is 17.9 Å². The molecule has 1 aliphatic rings. The molecule has 1 atom stereocenters. The fourth-order valence-corrected chi connectivity index (χ4v) is 2.41. The van der Waals surface area contributed by atoms with Crippen LogP contribution in [0.4, 0.5) is 8.78 Å². The molecule has 1 saturated heterocycles. The highest BCUT2D eigenvalue weighted by Gasteiger charge is 2.33. The standard InChI is InChI=1S/C13H15F2NO2/c1-2-3-16-7-8(4-12(16)18)13-10(14)5-9(17)6-11(13)15/h5-6,8,17H,2-4,7H2,1H3. The van der Waals surface area contributed by atoms with Gasteiger partial charge in [-0.25, -0.2) is 8.78 Å². The molecule has 3 nitrogen and oxygen atoms in total. The number of aromatic hydroxyl groups is 1. The molecule has 0 spiro atoms. The summed E-state index contributed by atoms with van der Waals surface area (Å²) in [5.74, 6) is -2.56. The van der Waals surface area contributed by atoms with Gasteiger partial charge in [0.05, 0.1) is 0 Å². The number of likely N-dealkylation sites (tertiary alicyclic amines) is 1.